The monoisotopic (exact) mass is 381 g/mol. The first-order chi connectivity index (χ1) is 13.2. The highest BCUT2D eigenvalue weighted by Gasteiger charge is 2.09. The van der Waals surface area contributed by atoms with Crippen molar-refractivity contribution in [3.8, 4) is 5.75 Å². The minimum absolute atomic E-state index is 0.263. The summed E-state index contributed by atoms with van der Waals surface area (Å²) in [7, 11) is 1.66. The van der Waals surface area contributed by atoms with Gasteiger partial charge >= 0.3 is 0 Å². The smallest absolute Gasteiger partial charge is 0.257 e. The first-order valence-corrected chi connectivity index (χ1v) is 8.92. The minimum atomic E-state index is -0.263. The lowest BCUT2D eigenvalue weighted by molar-refractivity contribution is 0.102. The molecule has 0 aliphatic rings. The molecule has 0 aliphatic heterocycles. The standard InChI is InChI=1S/C21H20ClN3O2/c1-27-17-6-4-5-15(13-17)11-12-23-20-10-9-16(14-24-20)25-21(26)18-7-2-3-8-19(18)22/h2-10,13-14H,11-12H2,1H3,(H,23,24)(H,25,26). The van der Waals surface area contributed by atoms with Crippen LogP contribution in [0.2, 0.25) is 5.02 Å². The highest BCUT2D eigenvalue weighted by Crippen LogP contribution is 2.18. The zero-order valence-electron chi connectivity index (χ0n) is 14.9. The fraction of sp³-hybridized carbons (Fsp3) is 0.143. The van der Waals surface area contributed by atoms with Crippen LogP contribution in [0.4, 0.5) is 11.5 Å². The summed E-state index contributed by atoms with van der Waals surface area (Å²) >= 11 is 6.04. The van der Waals surface area contributed by atoms with Gasteiger partial charge < -0.3 is 15.4 Å². The Bertz CT molecular complexity index is 913. The topological polar surface area (TPSA) is 63.2 Å². The van der Waals surface area contributed by atoms with Gasteiger partial charge in [-0.05, 0) is 48.4 Å². The maximum absolute atomic E-state index is 12.3. The number of nitrogens with zero attached hydrogens (tertiary/aromatic N) is 1. The number of hydrogen-bond acceptors (Lipinski definition) is 4. The van der Waals surface area contributed by atoms with Crippen LogP contribution in [0.25, 0.3) is 0 Å². The molecule has 27 heavy (non-hydrogen) atoms. The molecule has 0 unspecified atom stereocenters. The van der Waals surface area contributed by atoms with Crippen molar-refractivity contribution >= 4 is 29.0 Å². The number of carbonyl (C=O) groups excluding carboxylic acids is 1. The molecule has 0 saturated heterocycles. The van der Waals surface area contributed by atoms with Crippen molar-refractivity contribution < 1.29 is 9.53 Å². The molecule has 0 bridgehead atoms. The maximum atomic E-state index is 12.3. The maximum Gasteiger partial charge on any atom is 0.257 e. The summed E-state index contributed by atoms with van der Waals surface area (Å²) in [5.41, 5.74) is 2.23. The SMILES string of the molecule is COc1cccc(CCNc2ccc(NC(=O)c3ccccc3Cl)cn2)c1. The lowest BCUT2D eigenvalue weighted by Gasteiger charge is -2.09. The van der Waals surface area contributed by atoms with E-state index < -0.39 is 0 Å². The van der Waals surface area contributed by atoms with Crippen LogP contribution in [0.3, 0.4) is 0 Å². The van der Waals surface area contributed by atoms with E-state index in [1.807, 2.05) is 24.3 Å². The Hall–Kier alpha value is -3.05. The minimum Gasteiger partial charge on any atom is -0.497 e. The lowest BCUT2D eigenvalue weighted by atomic mass is 10.1. The van der Waals surface area contributed by atoms with Gasteiger partial charge in [0.2, 0.25) is 0 Å². The van der Waals surface area contributed by atoms with Crippen molar-refractivity contribution in [1.29, 1.82) is 0 Å². The number of ether oxygens (including phenoxy) is 1. The number of hydrogen-bond donors (Lipinski definition) is 2. The predicted octanol–water partition coefficient (Wildman–Crippen LogP) is 4.65. The van der Waals surface area contributed by atoms with Gasteiger partial charge in [0.05, 0.1) is 29.6 Å². The molecule has 0 saturated carbocycles. The molecular formula is C21H20ClN3O2. The number of aromatic nitrogens is 1. The van der Waals surface area contributed by atoms with E-state index in [2.05, 4.69) is 21.7 Å². The number of nitrogens with one attached hydrogen (secondary N) is 2. The summed E-state index contributed by atoms with van der Waals surface area (Å²) in [6.07, 6.45) is 2.46. The van der Waals surface area contributed by atoms with Gasteiger partial charge in [-0.3, -0.25) is 4.79 Å². The van der Waals surface area contributed by atoms with Crippen molar-refractivity contribution in [1.82, 2.24) is 4.98 Å². The van der Waals surface area contributed by atoms with Gasteiger partial charge in [-0.15, -0.1) is 0 Å². The van der Waals surface area contributed by atoms with Gasteiger partial charge in [0, 0.05) is 6.54 Å². The number of halogens is 1. The third-order valence-corrected chi connectivity index (χ3v) is 4.32. The molecule has 2 N–H and O–H groups in total. The van der Waals surface area contributed by atoms with E-state index in [0.29, 0.717) is 16.3 Å². The molecule has 0 spiro atoms. The predicted molar refractivity (Wildman–Crippen MR) is 109 cm³/mol. The molecule has 3 aromatic rings. The summed E-state index contributed by atoms with van der Waals surface area (Å²) in [5.74, 6) is 1.33. The fourth-order valence-corrected chi connectivity index (χ4v) is 2.80. The average molecular weight is 382 g/mol. The van der Waals surface area contributed by atoms with E-state index in [1.165, 1.54) is 5.56 Å². The zero-order chi connectivity index (χ0) is 19.1. The first-order valence-electron chi connectivity index (χ1n) is 8.54. The highest BCUT2D eigenvalue weighted by molar-refractivity contribution is 6.34. The van der Waals surface area contributed by atoms with Gasteiger partial charge in [-0.2, -0.15) is 0 Å². The Morgan fingerprint density at radius 1 is 1.11 bits per heavy atom. The van der Waals surface area contributed by atoms with Crippen molar-refractivity contribution in [3.05, 3.63) is 83.0 Å². The molecule has 0 aliphatic carbocycles. The Morgan fingerprint density at radius 2 is 1.96 bits per heavy atom. The molecule has 0 atom stereocenters. The normalized spacial score (nSPS) is 10.3. The molecule has 2 aromatic carbocycles. The van der Waals surface area contributed by atoms with Crippen LogP contribution in [0.1, 0.15) is 15.9 Å². The third-order valence-electron chi connectivity index (χ3n) is 3.99. The zero-order valence-corrected chi connectivity index (χ0v) is 15.7. The molecule has 0 radical (unpaired) electrons. The van der Waals surface area contributed by atoms with Gasteiger partial charge in [0.15, 0.2) is 0 Å². The number of rotatable bonds is 7. The second-order valence-electron chi connectivity index (χ2n) is 5.89. The van der Waals surface area contributed by atoms with E-state index >= 15 is 0 Å². The number of amides is 1. The lowest BCUT2D eigenvalue weighted by Crippen LogP contribution is -2.13. The first kappa shape index (κ1) is 18.7. The molecule has 5 nitrogen and oxygen atoms in total. The number of carbonyl (C=O) groups is 1. The molecule has 1 heterocycles. The van der Waals surface area contributed by atoms with Crippen LogP contribution >= 0.6 is 11.6 Å². The van der Waals surface area contributed by atoms with Crippen LogP contribution in [0.5, 0.6) is 5.75 Å². The largest absolute Gasteiger partial charge is 0.497 e. The second kappa shape index (κ2) is 9.05. The summed E-state index contributed by atoms with van der Waals surface area (Å²) in [6, 6.07) is 18.5. The van der Waals surface area contributed by atoms with Crippen LogP contribution in [0, 0.1) is 0 Å². The summed E-state index contributed by atoms with van der Waals surface area (Å²) in [4.78, 5) is 16.6. The number of benzene rings is 2. The molecule has 6 heteroatoms. The van der Waals surface area contributed by atoms with E-state index in [4.69, 9.17) is 16.3 Å². The summed E-state index contributed by atoms with van der Waals surface area (Å²) < 4.78 is 5.23. The Kier molecular flexibility index (Phi) is 6.28. The van der Waals surface area contributed by atoms with Crippen LogP contribution in [-0.2, 0) is 6.42 Å². The van der Waals surface area contributed by atoms with E-state index in [1.54, 1.807) is 43.6 Å². The van der Waals surface area contributed by atoms with Gasteiger partial charge in [0.1, 0.15) is 11.6 Å². The summed E-state index contributed by atoms with van der Waals surface area (Å²) in [6.45, 7) is 0.742. The fourth-order valence-electron chi connectivity index (χ4n) is 2.58. The third kappa shape index (κ3) is 5.21. The van der Waals surface area contributed by atoms with Gasteiger partial charge in [-0.25, -0.2) is 4.98 Å². The Morgan fingerprint density at radius 3 is 2.70 bits per heavy atom. The average Bonchev–Trinajstić information content (AvgIpc) is 2.70. The second-order valence-corrected chi connectivity index (χ2v) is 6.30. The van der Waals surface area contributed by atoms with Gasteiger partial charge in [0.25, 0.3) is 5.91 Å². The van der Waals surface area contributed by atoms with Crippen LogP contribution in [-0.4, -0.2) is 24.5 Å². The van der Waals surface area contributed by atoms with Crippen molar-refractivity contribution in [2.24, 2.45) is 0 Å². The number of anilines is 2. The molecule has 3 rings (SSSR count). The molecule has 138 valence electrons. The van der Waals surface area contributed by atoms with E-state index in [9.17, 15) is 4.79 Å². The Labute approximate surface area is 163 Å². The quantitative estimate of drug-likeness (QED) is 0.625. The van der Waals surface area contributed by atoms with Crippen molar-refractivity contribution in [2.45, 2.75) is 6.42 Å². The Balaban J connectivity index is 1.52. The molecule has 1 aromatic heterocycles. The van der Waals surface area contributed by atoms with E-state index in [-0.39, 0.29) is 5.91 Å². The molecular weight excluding hydrogens is 362 g/mol. The van der Waals surface area contributed by atoms with Crippen molar-refractivity contribution in [3.63, 3.8) is 0 Å². The van der Waals surface area contributed by atoms with E-state index in [0.717, 1.165) is 24.5 Å². The van der Waals surface area contributed by atoms with Crippen molar-refractivity contribution in [2.75, 3.05) is 24.3 Å². The van der Waals surface area contributed by atoms with Gasteiger partial charge in [-0.1, -0.05) is 35.9 Å². The number of methoxy groups -OCH3 is 1. The highest BCUT2D eigenvalue weighted by atomic mass is 35.5. The molecule has 1 amide bonds. The van der Waals surface area contributed by atoms with Crippen LogP contribution < -0.4 is 15.4 Å². The number of pyridine rings is 1. The molecule has 0 fully saturated rings. The van der Waals surface area contributed by atoms with Crippen LogP contribution in [0.15, 0.2) is 66.9 Å². The summed E-state index contributed by atoms with van der Waals surface area (Å²) in [5, 5.41) is 6.48.